The summed E-state index contributed by atoms with van der Waals surface area (Å²) in [6.45, 7) is 6.44. The van der Waals surface area contributed by atoms with Crippen molar-refractivity contribution in [2.75, 3.05) is 39.3 Å². The van der Waals surface area contributed by atoms with E-state index in [2.05, 4.69) is 51.6 Å². The van der Waals surface area contributed by atoms with Gasteiger partial charge in [0.05, 0.1) is 44.2 Å². The smallest absolute Gasteiger partial charge is 0.273 e. The Morgan fingerprint density at radius 2 is 1.94 bits per heavy atom. The first-order chi connectivity index (χ1) is 17.6. The lowest BCUT2D eigenvalue weighted by Crippen LogP contribution is -3.14. The molecule has 0 bridgehead atoms. The fourth-order valence-corrected chi connectivity index (χ4v) is 8.20. The maximum absolute atomic E-state index is 14.5. The first-order valence-corrected chi connectivity index (χ1v) is 14.7. The van der Waals surface area contributed by atoms with Crippen molar-refractivity contribution in [2.45, 2.75) is 68.7 Å². The number of nitrogens with two attached hydrogens (primary N) is 1. The Balaban J connectivity index is 1.28. The zero-order chi connectivity index (χ0) is 24.5. The van der Waals surface area contributed by atoms with Crippen LogP contribution in [-0.4, -0.2) is 56.1 Å². The summed E-state index contributed by atoms with van der Waals surface area (Å²) in [5.74, 6) is 1.03. The molecule has 4 N–H and O–H groups in total. The van der Waals surface area contributed by atoms with Gasteiger partial charge in [-0.3, -0.25) is 4.79 Å². The molecule has 1 aromatic carbocycles. The number of halogens is 1. The number of nitrogens with zero attached hydrogens (tertiary/aromatic N) is 1. The number of carbonyl (C=O) groups is 1. The molecule has 5 nitrogen and oxygen atoms in total. The third-order valence-corrected chi connectivity index (χ3v) is 10.0. The molecule has 1 aliphatic carbocycles. The molecule has 4 atom stereocenters. The first-order valence-electron chi connectivity index (χ1n) is 14.4. The lowest BCUT2D eigenvalue weighted by molar-refractivity contribution is -0.906. The number of quaternary nitrogens is 2. The van der Waals surface area contributed by atoms with Crippen LogP contribution in [0.15, 0.2) is 42.5 Å². The molecule has 0 radical (unpaired) electrons. The van der Waals surface area contributed by atoms with Gasteiger partial charge in [-0.2, -0.15) is 4.98 Å². The number of benzene rings is 1. The lowest BCUT2D eigenvalue weighted by atomic mass is 9.65. The second-order valence-corrected chi connectivity index (χ2v) is 12.2. The van der Waals surface area contributed by atoms with Crippen LogP contribution in [0, 0.1) is 5.92 Å². The van der Waals surface area contributed by atoms with Gasteiger partial charge in [0.15, 0.2) is 5.69 Å². The van der Waals surface area contributed by atoms with Gasteiger partial charge in [-0.25, -0.2) is 0 Å². The van der Waals surface area contributed by atoms with E-state index in [1.165, 1.54) is 49.2 Å². The highest BCUT2D eigenvalue weighted by molar-refractivity contribution is 6.28. The van der Waals surface area contributed by atoms with Gasteiger partial charge in [-0.05, 0) is 74.1 Å². The van der Waals surface area contributed by atoms with Crippen LogP contribution in [0.25, 0.3) is 0 Å². The quantitative estimate of drug-likeness (QED) is 0.606. The molecule has 0 unspecified atom stereocenters. The molecule has 3 fully saturated rings. The molecular formula is C30H42ClN4O+3. The number of pyridine rings is 1. The van der Waals surface area contributed by atoms with Gasteiger partial charge in [0.25, 0.3) is 5.15 Å². The maximum Gasteiger partial charge on any atom is 0.273 e. The average molecular weight is 510 g/mol. The Kier molecular flexibility index (Phi) is 7.07. The summed E-state index contributed by atoms with van der Waals surface area (Å²) in [6, 6.07) is 15.6. The Bertz CT molecular complexity index is 1070. The first kappa shape index (κ1) is 24.4. The number of piperidine rings is 2. The van der Waals surface area contributed by atoms with Gasteiger partial charge in [-0.15, -0.1) is 0 Å². The number of rotatable bonds is 4. The number of aromatic nitrogens is 1. The molecule has 0 saturated carbocycles. The van der Waals surface area contributed by atoms with E-state index in [0.29, 0.717) is 23.0 Å². The second kappa shape index (κ2) is 10.4. The number of amides is 1. The highest BCUT2D eigenvalue weighted by Gasteiger charge is 2.56. The minimum Gasteiger partial charge on any atom is -0.345 e. The predicted molar refractivity (Wildman–Crippen MR) is 141 cm³/mol. The van der Waals surface area contributed by atoms with Gasteiger partial charge in [-0.1, -0.05) is 30.3 Å². The van der Waals surface area contributed by atoms with Crippen molar-refractivity contribution in [2.24, 2.45) is 5.92 Å². The van der Waals surface area contributed by atoms with Crippen LogP contribution in [0.5, 0.6) is 0 Å². The molecular weight excluding hydrogens is 468 g/mol. The number of fused-ring (bicyclic) bond motifs is 2. The van der Waals surface area contributed by atoms with E-state index in [9.17, 15) is 4.79 Å². The normalized spacial score (nSPS) is 30.9. The van der Waals surface area contributed by atoms with E-state index in [4.69, 9.17) is 11.6 Å². The standard InChI is InChI=1S/C30H39ClN4O/c31-28-12-11-25-27(33-28)10-7-14-30(25)21-32-19-26(30)29(36)35-17-13-23(22-8-3-1-4-9-22)18-24(35)20-34-15-5-2-6-16-34/h1,3-4,8-9,11-12,23-24,26,32H,2,5-7,10,13-21H2/p+3/t23-,24+,26+,30+/m1/s1. The van der Waals surface area contributed by atoms with E-state index in [1.54, 1.807) is 4.90 Å². The Hall–Kier alpha value is -1.95. The molecule has 1 spiro atoms. The maximum atomic E-state index is 14.5. The Morgan fingerprint density at radius 3 is 2.78 bits per heavy atom. The van der Waals surface area contributed by atoms with Crippen LogP contribution in [0.1, 0.15) is 67.7 Å². The van der Waals surface area contributed by atoms with Crippen molar-refractivity contribution in [3.8, 4) is 0 Å². The third kappa shape index (κ3) is 4.59. The summed E-state index contributed by atoms with van der Waals surface area (Å²) < 4.78 is 0. The zero-order valence-electron chi connectivity index (χ0n) is 21.5. The van der Waals surface area contributed by atoms with Gasteiger partial charge in [0.2, 0.25) is 5.91 Å². The molecule has 3 saturated heterocycles. The van der Waals surface area contributed by atoms with Crippen LogP contribution < -0.4 is 15.2 Å². The number of H-pyrrole nitrogens is 1. The summed E-state index contributed by atoms with van der Waals surface area (Å²) >= 11 is 6.33. The number of aromatic amines is 1. The average Bonchev–Trinajstić information content (AvgIpc) is 3.33. The number of likely N-dealkylation sites (tertiary alicyclic amines) is 2. The van der Waals surface area contributed by atoms with E-state index in [1.807, 2.05) is 6.07 Å². The van der Waals surface area contributed by atoms with Crippen molar-refractivity contribution < 1.29 is 20.0 Å². The van der Waals surface area contributed by atoms with Crippen molar-refractivity contribution in [1.82, 2.24) is 4.90 Å². The summed E-state index contributed by atoms with van der Waals surface area (Å²) in [4.78, 5) is 22.0. The van der Waals surface area contributed by atoms with Crippen LogP contribution in [0.2, 0.25) is 5.15 Å². The summed E-state index contributed by atoms with van der Waals surface area (Å²) in [5, 5.41) is 3.09. The molecule has 6 heteroatoms. The molecule has 2 aromatic rings. The minimum atomic E-state index is -0.0649. The number of carbonyl (C=O) groups excluding carboxylic acids is 1. The van der Waals surface area contributed by atoms with Gasteiger partial charge in [0.1, 0.15) is 5.92 Å². The summed E-state index contributed by atoms with van der Waals surface area (Å²) in [5.41, 5.74) is 3.98. The third-order valence-electron chi connectivity index (χ3n) is 9.81. The summed E-state index contributed by atoms with van der Waals surface area (Å²) in [7, 11) is 0. The van der Waals surface area contributed by atoms with Crippen molar-refractivity contribution in [1.29, 1.82) is 0 Å². The van der Waals surface area contributed by atoms with Crippen LogP contribution in [-0.2, 0) is 16.6 Å². The van der Waals surface area contributed by atoms with Crippen LogP contribution >= 0.6 is 11.6 Å². The molecule has 1 amide bonds. The Labute approximate surface area is 220 Å². The van der Waals surface area contributed by atoms with Crippen LogP contribution in [0.3, 0.4) is 0 Å². The minimum absolute atomic E-state index is 0.0539. The van der Waals surface area contributed by atoms with Crippen LogP contribution in [0.4, 0.5) is 0 Å². The number of aryl methyl sites for hydroxylation is 1. The van der Waals surface area contributed by atoms with Crippen molar-refractivity contribution in [3.05, 3.63) is 64.4 Å². The fourth-order valence-electron chi connectivity index (χ4n) is 8.03. The van der Waals surface area contributed by atoms with Gasteiger partial charge < -0.3 is 15.1 Å². The fraction of sp³-hybridized carbons (Fsp3) is 0.600. The number of hydrogen-bond donors (Lipinski definition) is 2. The molecule has 1 aromatic heterocycles. The topological polar surface area (TPSA) is 55.5 Å². The van der Waals surface area contributed by atoms with E-state index in [-0.39, 0.29) is 11.3 Å². The molecule has 4 heterocycles. The highest BCUT2D eigenvalue weighted by atomic mass is 35.5. The molecule has 4 aliphatic rings. The highest BCUT2D eigenvalue weighted by Crippen LogP contribution is 2.44. The largest absolute Gasteiger partial charge is 0.345 e. The second-order valence-electron chi connectivity index (χ2n) is 11.8. The van der Waals surface area contributed by atoms with Gasteiger partial charge in [0, 0.05) is 24.6 Å². The molecule has 192 valence electrons. The van der Waals surface area contributed by atoms with Crippen molar-refractivity contribution in [3.63, 3.8) is 0 Å². The predicted octanol–water partition coefficient (Wildman–Crippen LogP) is 1.77. The van der Waals surface area contributed by atoms with Crippen molar-refractivity contribution >= 4 is 17.5 Å². The molecule has 36 heavy (non-hydrogen) atoms. The molecule has 6 rings (SSSR count). The zero-order valence-corrected chi connectivity index (χ0v) is 22.2. The number of nitrogens with one attached hydrogen (secondary N) is 2. The number of hydrogen-bond acceptors (Lipinski definition) is 1. The van der Waals surface area contributed by atoms with E-state index in [0.717, 1.165) is 58.3 Å². The summed E-state index contributed by atoms with van der Waals surface area (Å²) in [6.07, 6.45) is 9.45. The SMILES string of the molecule is O=C([C@@H]1C[NH2+]C[C@]12CCCc1[nH+]c(Cl)ccc12)N1CC[C@@H](c2ccccc2)C[C@H]1C[NH+]1CCCCC1. The van der Waals surface area contributed by atoms with Gasteiger partial charge >= 0.3 is 0 Å². The van der Waals surface area contributed by atoms with E-state index < -0.39 is 0 Å². The molecule has 3 aliphatic heterocycles. The lowest BCUT2D eigenvalue weighted by Gasteiger charge is -2.44. The Morgan fingerprint density at radius 1 is 1.11 bits per heavy atom. The monoisotopic (exact) mass is 509 g/mol. The van der Waals surface area contributed by atoms with E-state index >= 15 is 0 Å².